The van der Waals surface area contributed by atoms with Gasteiger partial charge in [-0.25, -0.2) is 0 Å². The molecule has 4 nitrogen and oxygen atoms in total. The molecule has 1 heterocycles. The van der Waals surface area contributed by atoms with Crippen LogP contribution in [-0.2, 0) is 6.54 Å². The molecule has 2 aromatic carbocycles. The van der Waals surface area contributed by atoms with Crippen molar-refractivity contribution < 1.29 is 9.30 Å². The molecule has 25 heavy (non-hydrogen) atoms. The molecule has 0 unspecified atom stereocenters. The minimum absolute atomic E-state index is 0.556. The van der Waals surface area contributed by atoms with Crippen molar-refractivity contribution in [3.8, 4) is 11.8 Å². The number of nitrogens with two attached hydrogens (primary N) is 1. The molecule has 1 aromatic heterocycles. The predicted molar refractivity (Wildman–Crippen MR) is 99.8 cm³/mol. The van der Waals surface area contributed by atoms with Crippen LogP contribution < -0.4 is 15.0 Å². The lowest BCUT2D eigenvalue weighted by Crippen LogP contribution is -2.41. The van der Waals surface area contributed by atoms with Crippen molar-refractivity contribution in [1.29, 1.82) is 5.26 Å². The molecule has 4 heteroatoms. The summed E-state index contributed by atoms with van der Waals surface area (Å²) < 4.78 is 7.50. The maximum atomic E-state index is 9.02. The van der Waals surface area contributed by atoms with E-state index in [4.69, 9.17) is 15.7 Å². The topological polar surface area (TPSA) is 62.9 Å². The van der Waals surface area contributed by atoms with Gasteiger partial charge in [-0.05, 0) is 42.0 Å². The Morgan fingerprint density at radius 3 is 2.76 bits per heavy atom. The Bertz CT molecular complexity index is 971. The second-order valence-corrected chi connectivity index (χ2v) is 5.69. The van der Waals surface area contributed by atoms with Crippen molar-refractivity contribution in [2.45, 2.75) is 6.54 Å². The van der Waals surface area contributed by atoms with Gasteiger partial charge in [0.2, 0.25) is 11.2 Å². The first-order valence-corrected chi connectivity index (χ1v) is 8.14. The molecule has 0 saturated carbocycles. The summed E-state index contributed by atoms with van der Waals surface area (Å²) in [5, 5.41) is 10.1. The van der Waals surface area contributed by atoms with Gasteiger partial charge in [-0.1, -0.05) is 12.1 Å². The molecule has 0 aliphatic rings. The van der Waals surface area contributed by atoms with Gasteiger partial charge in [0, 0.05) is 18.2 Å². The van der Waals surface area contributed by atoms with E-state index in [-0.39, 0.29) is 0 Å². The molecule has 0 aliphatic heterocycles. The second-order valence-electron chi connectivity index (χ2n) is 5.69. The Kier molecular flexibility index (Phi) is 5.08. The van der Waals surface area contributed by atoms with Crippen LogP contribution in [-0.4, -0.2) is 13.7 Å². The van der Waals surface area contributed by atoms with E-state index in [9.17, 15) is 0 Å². The Morgan fingerprint density at radius 2 is 2.00 bits per heavy atom. The van der Waals surface area contributed by atoms with E-state index in [0.29, 0.717) is 12.1 Å². The normalized spacial score (nSPS) is 10.9. The molecular weight excluding hydrogens is 310 g/mol. The van der Waals surface area contributed by atoms with Crippen molar-refractivity contribution in [3.05, 3.63) is 71.4 Å². The van der Waals surface area contributed by atoms with E-state index in [0.717, 1.165) is 34.5 Å². The number of pyridine rings is 1. The molecule has 124 valence electrons. The lowest BCUT2D eigenvalue weighted by molar-refractivity contribution is -0.670. The van der Waals surface area contributed by atoms with Gasteiger partial charge in [-0.2, -0.15) is 9.83 Å². The van der Waals surface area contributed by atoms with Crippen LogP contribution in [0.2, 0.25) is 0 Å². The van der Waals surface area contributed by atoms with Gasteiger partial charge in [0.05, 0.1) is 30.7 Å². The third kappa shape index (κ3) is 3.68. The molecule has 3 rings (SSSR count). The van der Waals surface area contributed by atoms with Gasteiger partial charge < -0.3 is 10.5 Å². The van der Waals surface area contributed by atoms with Gasteiger partial charge in [0.15, 0.2) is 6.54 Å². The highest BCUT2D eigenvalue weighted by Gasteiger charge is 2.13. The van der Waals surface area contributed by atoms with Crippen molar-refractivity contribution >= 4 is 23.1 Å². The van der Waals surface area contributed by atoms with Crippen LogP contribution in [0.3, 0.4) is 0 Å². The Labute approximate surface area is 147 Å². The number of nitriles is 1. The Balaban J connectivity index is 2.04. The molecule has 0 atom stereocenters. The summed E-state index contributed by atoms with van der Waals surface area (Å²) in [7, 11) is 1.67. The zero-order valence-electron chi connectivity index (χ0n) is 14.1. The third-order valence-electron chi connectivity index (χ3n) is 4.09. The third-order valence-corrected chi connectivity index (χ3v) is 4.09. The largest absolute Gasteiger partial charge is 0.497 e. The first-order valence-electron chi connectivity index (χ1n) is 8.14. The van der Waals surface area contributed by atoms with E-state index in [1.807, 2.05) is 36.4 Å². The van der Waals surface area contributed by atoms with Crippen LogP contribution in [0, 0.1) is 11.3 Å². The van der Waals surface area contributed by atoms with Gasteiger partial charge >= 0.3 is 0 Å². The lowest BCUT2D eigenvalue weighted by atomic mass is 10.1. The molecule has 0 saturated heterocycles. The van der Waals surface area contributed by atoms with Gasteiger partial charge in [0.1, 0.15) is 5.75 Å². The van der Waals surface area contributed by atoms with E-state index >= 15 is 0 Å². The second kappa shape index (κ2) is 7.61. The maximum Gasteiger partial charge on any atom is 0.213 e. The lowest BCUT2D eigenvalue weighted by Gasteiger charge is -2.06. The average Bonchev–Trinajstić information content (AvgIpc) is 2.67. The smallest absolute Gasteiger partial charge is 0.213 e. The molecular formula is C21H20N3O+. The zero-order chi connectivity index (χ0) is 17.6. The van der Waals surface area contributed by atoms with Gasteiger partial charge in [-0.15, -0.1) is 0 Å². The summed E-state index contributed by atoms with van der Waals surface area (Å²) in [4.78, 5) is 0. The Morgan fingerprint density at radius 1 is 1.12 bits per heavy atom. The molecule has 0 radical (unpaired) electrons. The summed E-state index contributed by atoms with van der Waals surface area (Å²) in [5.74, 6) is 0.836. The van der Waals surface area contributed by atoms with Gasteiger partial charge in [-0.3, -0.25) is 0 Å². The number of nitrogens with zero attached hydrogens (tertiary/aromatic N) is 2. The number of hydrogen-bond donors (Lipinski definition) is 1. The van der Waals surface area contributed by atoms with E-state index < -0.39 is 0 Å². The molecule has 0 amide bonds. The molecule has 2 N–H and O–H groups in total. The number of hydrogen-bond acceptors (Lipinski definition) is 3. The first-order chi connectivity index (χ1) is 12.2. The molecule has 3 aromatic rings. The monoisotopic (exact) mass is 330 g/mol. The van der Waals surface area contributed by atoms with Gasteiger partial charge in [0.25, 0.3) is 0 Å². The molecule has 0 aliphatic carbocycles. The fraction of sp³-hybridized carbons (Fsp3) is 0.143. The van der Waals surface area contributed by atoms with Crippen LogP contribution in [0.1, 0.15) is 16.8 Å². The zero-order valence-corrected chi connectivity index (χ0v) is 14.1. The predicted octanol–water partition coefficient (Wildman–Crippen LogP) is 3.14. The van der Waals surface area contributed by atoms with E-state index in [2.05, 4.69) is 34.9 Å². The summed E-state index contributed by atoms with van der Waals surface area (Å²) in [6.45, 7) is 1.28. The maximum absolute atomic E-state index is 9.02. The van der Waals surface area contributed by atoms with Crippen molar-refractivity contribution in [1.82, 2.24) is 0 Å². The fourth-order valence-corrected chi connectivity index (χ4v) is 2.86. The van der Waals surface area contributed by atoms with Crippen molar-refractivity contribution in [2.75, 3.05) is 13.7 Å². The number of aromatic nitrogens is 1. The minimum atomic E-state index is 0.556. The van der Waals surface area contributed by atoms with Crippen LogP contribution in [0.5, 0.6) is 5.75 Å². The quantitative estimate of drug-likeness (QED) is 0.731. The van der Waals surface area contributed by atoms with Crippen LogP contribution >= 0.6 is 0 Å². The average molecular weight is 330 g/mol. The van der Waals surface area contributed by atoms with E-state index in [1.54, 1.807) is 13.2 Å². The molecule has 0 bridgehead atoms. The summed E-state index contributed by atoms with van der Waals surface area (Å²) in [5.41, 5.74) is 9.64. The van der Waals surface area contributed by atoms with Crippen molar-refractivity contribution in [3.63, 3.8) is 0 Å². The van der Waals surface area contributed by atoms with Crippen molar-refractivity contribution in [2.24, 2.45) is 5.73 Å². The fourth-order valence-electron chi connectivity index (χ4n) is 2.86. The number of rotatable bonds is 5. The summed E-state index contributed by atoms with van der Waals surface area (Å²) in [6.07, 6.45) is 4.06. The standard InChI is InChI=1S/C21H20N3O/c1-25-20-9-10-21-18(14-20)6-8-19(24(21)12-11-22)7-5-16-3-2-4-17(13-16)15-23/h2-10,13-14H,11-12,22H2,1H3/q+1/b7-5+. The van der Waals surface area contributed by atoms with Crippen LogP contribution in [0.15, 0.2) is 54.6 Å². The summed E-state index contributed by atoms with van der Waals surface area (Å²) in [6, 6.07) is 19.9. The number of ether oxygens (including phenoxy) is 1. The minimum Gasteiger partial charge on any atom is -0.497 e. The number of fused-ring (bicyclic) bond motifs is 1. The SMILES string of the molecule is COc1ccc2c(ccc(/C=C/c3cccc(C#N)c3)[n+]2CCN)c1. The van der Waals surface area contributed by atoms with Crippen LogP contribution in [0.4, 0.5) is 0 Å². The van der Waals surface area contributed by atoms with Crippen LogP contribution in [0.25, 0.3) is 23.1 Å². The highest BCUT2D eigenvalue weighted by Crippen LogP contribution is 2.19. The Hall–Kier alpha value is -3.16. The molecule has 0 spiro atoms. The summed E-state index contributed by atoms with van der Waals surface area (Å²) >= 11 is 0. The number of benzene rings is 2. The number of methoxy groups -OCH3 is 1. The highest BCUT2D eigenvalue weighted by molar-refractivity contribution is 5.79. The van der Waals surface area contributed by atoms with E-state index in [1.165, 1.54) is 0 Å². The molecule has 0 fully saturated rings. The highest BCUT2D eigenvalue weighted by atomic mass is 16.5. The first kappa shape index (κ1) is 16.7.